The van der Waals surface area contributed by atoms with Crippen LogP contribution in [0.4, 0.5) is 0 Å². The van der Waals surface area contributed by atoms with Crippen molar-refractivity contribution >= 4 is 33.6 Å². The molecule has 1 aromatic carbocycles. The number of nitrogens with zero attached hydrogens (tertiary/aromatic N) is 2. The zero-order valence-corrected chi connectivity index (χ0v) is 12.8. The normalized spacial score (nSPS) is 12.3. The average molecular weight is 340 g/mol. The van der Waals surface area contributed by atoms with Crippen LogP contribution in [-0.2, 0) is 11.3 Å². The molecule has 2 N–H and O–H groups in total. The number of nitrogens with two attached hydrogens (primary N) is 1. The van der Waals surface area contributed by atoms with Crippen LogP contribution in [0.15, 0.2) is 46.3 Å². The molecule has 0 aliphatic rings. The first kappa shape index (κ1) is 14.1. The van der Waals surface area contributed by atoms with Crippen LogP contribution in [0, 0.1) is 0 Å². The summed E-state index contributed by atoms with van der Waals surface area (Å²) in [6, 6.07) is 7.59. The molecule has 6 heteroatoms. The van der Waals surface area contributed by atoms with Crippen molar-refractivity contribution in [3.8, 4) is 0 Å². The van der Waals surface area contributed by atoms with Gasteiger partial charge in [-0.2, -0.15) is 0 Å². The Kier molecular flexibility index (Phi) is 4.66. The molecule has 0 unspecified atom stereocenters. The molecule has 19 heavy (non-hydrogen) atoms. The molecule has 2 rings (SSSR count). The minimum atomic E-state index is -0.430. The van der Waals surface area contributed by atoms with Crippen molar-refractivity contribution in [3.63, 3.8) is 0 Å². The minimum absolute atomic E-state index is 0.363. The predicted molar refractivity (Wildman–Crippen MR) is 79.8 cm³/mol. The van der Waals surface area contributed by atoms with Gasteiger partial charge in [-0.3, -0.25) is 4.79 Å². The maximum atomic E-state index is 11.7. The Morgan fingerprint density at radius 1 is 1.47 bits per heavy atom. The SMILES string of the molecule is CCn1ccnc1S[C@@H](C(N)=O)c1ccc(Br)cc1. The van der Waals surface area contributed by atoms with E-state index in [0.29, 0.717) is 0 Å². The number of carbonyl (C=O) groups excluding carboxylic acids is 1. The number of halogens is 1. The second kappa shape index (κ2) is 6.25. The van der Waals surface area contributed by atoms with E-state index in [2.05, 4.69) is 20.9 Å². The maximum Gasteiger partial charge on any atom is 0.235 e. The lowest BCUT2D eigenvalue weighted by Crippen LogP contribution is -2.19. The van der Waals surface area contributed by atoms with Crippen LogP contribution in [0.5, 0.6) is 0 Å². The number of hydrogen-bond donors (Lipinski definition) is 1. The van der Waals surface area contributed by atoms with Crippen LogP contribution < -0.4 is 5.73 Å². The molecular formula is C13H14BrN3OS. The summed E-state index contributed by atoms with van der Waals surface area (Å²) < 4.78 is 2.96. The molecule has 0 bridgehead atoms. The maximum absolute atomic E-state index is 11.7. The molecule has 0 radical (unpaired) electrons. The van der Waals surface area contributed by atoms with Crippen LogP contribution in [-0.4, -0.2) is 15.5 Å². The first-order valence-electron chi connectivity index (χ1n) is 5.84. The van der Waals surface area contributed by atoms with Crippen molar-refractivity contribution in [2.24, 2.45) is 5.73 Å². The highest BCUT2D eigenvalue weighted by Crippen LogP contribution is 2.34. The van der Waals surface area contributed by atoms with Crippen molar-refractivity contribution < 1.29 is 4.79 Å². The van der Waals surface area contributed by atoms with Gasteiger partial charge in [-0.05, 0) is 24.6 Å². The van der Waals surface area contributed by atoms with Crippen molar-refractivity contribution in [2.75, 3.05) is 0 Å². The molecule has 0 aliphatic heterocycles. The number of primary amides is 1. The molecule has 4 nitrogen and oxygen atoms in total. The van der Waals surface area contributed by atoms with Gasteiger partial charge in [0.1, 0.15) is 5.25 Å². The molecule has 0 spiro atoms. The monoisotopic (exact) mass is 339 g/mol. The summed E-state index contributed by atoms with van der Waals surface area (Å²) >= 11 is 4.75. The van der Waals surface area contributed by atoms with Gasteiger partial charge in [0, 0.05) is 23.4 Å². The molecule has 0 fully saturated rings. The van der Waals surface area contributed by atoms with Gasteiger partial charge in [0.05, 0.1) is 0 Å². The van der Waals surface area contributed by atoms with Crippen molar-refractivity contribution in [2.45, 2.75) is 23.9 Å². The van der Waals surface area contributed by atoms with E-state index in [9.17, 15) is 4.79 Å². The zero-order valence-electron chi connectivity index (χ0n) is 10.4. The van der Waals surface area contributed by atoms with Crippen molar-refractivity contribution in [1.82, 2.24) is 9.55 Å². The predicted octanol–water partition coefficient (Wildman–Crippen LogP) is 2.98. The lowest BCUT2D eigenvalue weighted by molar-refractivity contribution is -0.117. The number of benzene rings is 1. The summed E-state index contributed by atoms with van der Waals surface area (Å²) in [5.41, 5.74) is 6.39. The minimum Gasteiger partial charge on any atom is -0.368 e. The zero-order chi connectivity index (χ0) is 13.8. The highest BCUT2D eigenvalue weighted by molar-refractivity contribution is 9.10. The highest BCUT2D eigenvalue weighted by Gasteiger charge is 2.21. The summed E-state index contributed by atoms with van der Waals surface area (Å²) in [5.74, 6) is -0.363. The van der Waals surface area contributed by atoms with Crippen LogP contribution in [0.25, 0.3) is 0 Å². The molecule has 1 atom stereocenters. The second-order valence-corrected chi connectivity index (χ2v) is 5.94. The molecule has 2 aromatic rings. The van der Waals surface area contributed by atoms with Gasteiger partial charge in [0.15, 0.2) is 5.16 Å². The lowest BCUT2D eigenvalue weighted by Gasteiger charge is -2.13. The van der Waals surface area contributed by atoms with E-state index in [4.69, 9.17) is 5.73 Å². The van der Waals surface area contributed by atoms with Crippen molar-refractivity contribution in [1.29, 1.82) is 0 Å². The molecule has 1 amide bonds. The molecule has 1 aromatic heterocycles. The number of imidazole rings is 1. The molecule has 0 saturated heterocycles. The topological polar surface area (TPSA) is 60.9 Å². The Morgan fingerprint density at radius 3 is 2.74 bits per heavy atom. The number of hydrogen-bond acceptors (Lipinski definition) is 3. The van der Waals surface area contributed by atoms with E-state index >= 15 is 0 Å². The van der Waals surface area contributed by atoms with Crippen LogP contribution >= 0.6 is 27.7 Å². The molecule has 1 heterocycles. The third kappa shape index (κ3) is 3.39. The Hall–Kier alpha value is -1.27. The summed E-state index contributed by atoms with van der Waals surface area (Å²) in [6.45, 7) is 2.85. The van der Waals surface area contributed by atoms with Crippen LogP contribution in [0.2, 0.25) is 0 Å². The van der Waals surface area contributed by atoms with E-state index in [1.807, 2.05) is 42.0 Å². The summed E-state index contributed by atoms with van der Waals surface area (Å²) in [4.78, 5) is 15.9. The van der Waals surface area contributed by atoms with Crippen LogP contribution in [0.1, 0.15) is 17.7 Å². The van der Waals surface area contributed by atoms with Gasteiger partial charge >= 0.3 is 0 Å². The lowest BCUT2D eigenvalue weighted by atomic mass is 10.1. The molecular weight excluding hydrogens is 326 g/mol. The summed E-state index contributed by atoms with van der Waals surface area (Å²) in [5, 5.41) is 0.370. The number of thioether (sulfide) groups is 1. The highest BCUT2D eigenvalue weighted by atomic mass is 79.9. The number of aromatic nitrogens is 2. The van der Waals surface area contributed by atoms with Crippen molar-refractivity contribution in [3.05, 3.63) is 46.7 Å². The van der Waals surface area contributed by atoms with Gasteiger partial charge < -0.3 is 10.3 Å². The van der Waals surface area contributed by atoms with Gasteiger partial charge in [-0.15, -0.1) is 0 Å². The summed E-state index contributed by atoms with van der Waals surface area (Å²) in [6.07, 6.45) is 3.62. The number of amides is 1. The molecule has 0 aliphatic carbocycles. The third-order valence-electron chi connectivity index (χ3n) is 2.67. The van der Waals surface area contributed by atoms with E-state index in [0.717, 1.165) is 21.7 Å². The van der Waals surface area contributed by atoms with E-state index in [1.165, 1.54) is 11.8 Å². The fraction of sp³-hybridized carbons (Fsp3) is 0.231. The van der Waals surface area contributed by atoms with Gasteiger partial charge in [0.2, 0.25) is 5.91 Å². The first-order valence-corrected chi connectivity index (χ1v) is 7.51. The number of rotatable bonds is 5. The van der Waals surface area contributed by atoms with E-state index < -0.39 is 5.25 Å². The standard InChI is InChI=1S/C13H14BrN3OS/c1-2-17-8-7-16-13(17)19-11(12(15)18)9-3-5-10(14)6-4-9/h3-8,11H,2H2,1H3,(H2,15,18)/t11-/m1/s1. The van der Waals surface area contributed by atoms with Gasteiger partial charge in [0.25, 0.3) is 0 Å². The fourth-order valence-corrected chi connectivity index (χ4v) is 3.02. The third-order valence-corrected chi connectivity index (χ3v) is 4.49. The number of carbonyl (C=O) groups is 1. The summed E-state index contributed by atoms with van der Waals surface area (Å²) in [7, 11) is 0. The molecule has 0 saturated carbocycles. The van der Waals surface area contributed by atoms with Gasteiger partial charge in [-0.25, -0.2) is 4.98 Å². The average Bonchev–Trinajstić information content (AvgIpc) is 2.84. The Balaban J connectivity index is 2.26. The van der Waals surface area contributed by atoms with Crippen LogP contribution in [0.3, 0.4) is 0 Å². The largest absolute Gasteiger partial charge is 0.368 e. The first-order chi connectivity index (χ1) is 9.11. The Bertz CT molecular complexity index is 568. The fourth-order valence-electron chi connectivity index (χ4n) is 1.69. The second-order valence-electron chi connectivity index (χ2n) is 3.95. The Morgan fingerprint density at radius 2 is 2.16 bits per heavy atom. The molecule has 100 valence electrons. The van der Waals surface area contributed by atoms with Gasteiger partial charge in [-0.1, -0.05) is 39.8 Å². The van der Waals surface area contributed by atoms with E-state index in [-0.39, 0.29) is 5.91 Å². The number of aryl methyl sites for hydroxylation is 1. The quantitative estimate of drug-likeness (QED) is 0.851. The smallest absolute Gasteiger partial charge is 0.235 e. The Labute approximate surface area is 124 Å². The van der Waals surface area contributed by atoms with E-state index in [1.54, 1.807) is 6.20 Å².